The molecule has 5 heteroatoms. The number of carboxylic acid groups (broad SMARTS) is 1. The van der Waals surface area contributed by atoms with Crippen molar-refractivity contribution in [2.24, 2.45) is 11.8 Å². The molecule has 0 spiro atoms. The maximum absolute atomic E-state index is 11.8. The van der Waals surface area contributed by atoms with E-state index in [9.17, 15) is 9.59 Å². The van der Waals surface area contributed by atoms with Gasteiger partial charge in [0.15, 0.2) is 0 Å². The summed E-state index contributed by atoms with van der Waals surface area (Å²) in [5.74, 6) is -0.403. The van der Waals surface area contributed by atoms with Gasteiger partial charge in [-0.05, 0) is 31.6 Å². The predicted octanol–water partition coefficient (Wildman–Crippen LogP) is 1.97. The van der Waals surface area contributed by atoms with Crippen LogP contribution in [0.5, 0.6) is 0 Å². The molecule has 0 aliphatic heterocycles. The van der Waals surface area contributed by atoms with Crippen molar-refractivity contribution in [3.05, 3.63) is 0 Å². The molecule has 3 N–H and O–H groups in total. The van der Waals surface area contributed by atoms with Gasteiger partial charge in [-0.15, -0.1) is 0 Å². The van der Waals surface area contributed by atoms with E-state index in [1.54, 1.807) is 0 Å². The minimum atomic E-state index is -0.942. The molecule has 0 radical (unpaired) electrons. The van der Waals surface area contributed by atoms with Crippen molar-refractivity contribution in [3.63, 3.8) is 0 Å². The van der Waals surface area contributed by atoms with Gasteiger partial charge >= 0.3 is 12.0 Å². The molecule has 5 nitrogen and oxygen atoms in total. The van der Waals surface area contributed by atoms with Crippen LogP contribution in [0.2, 0.25) is 0 Å². The second-order valence-corrected chi connectivity index (χ2v) is 5.14. The van der Waals surface area contributed by atoms with Crippen LogP contribution in [-0.4, -0.2) is 29.2 Å². The molecule has 0 aromatic heterocycles. The number of hydrogen-bond donors (Lipinski definition) is 3. The summed E-state index contributed by atoms with van der Waals surface area (Å²) >= 11 is 0. The van der Waals surface area contributed by atoms with Gasteiger partial charge in [0.05, 0.1) is 0 Å². The smallest absolute Gasteiger partial charge is 0.326 e. The summed E-state index contributed by atoms with van der Waals surface area (Å²) in [4.78, 5) is 22.8. The minimum Gasteiger partial charge on any atom is -0.480 e. The number of aliphatic carboxylic acids is 1. The van der Waals surface area contributed by atoms with Crippen LogP contribution in [0.3, 0.4) is 0 Å². The molecule has 2 unspecified atom stereocenters. The number of urea groups is 1. The van der Waals surface area contributed by atoms with Gasteiger partial charge in [-0.25, -0.2) is 9.59 Å². The van der Waals surface area contributed by atoms with E-state index in [1.165, 1.54) is 0 Å². The largest absolute Gasteiger partial charge is 0.480 e. The number of carbonyl (C=O) groups is 2. The lowest BCUT2D eigenvalue weighted by Gasteiger charge is -2.23. The normalized spacial score (nSPS) is 18.2. The van der Waals surface area contributed by atoms with Gasteiger partial charge in [0.25, 0.3) is 0 Å². The van der Waals surface area contributed by atoms with Crippen LogP contribution in [0.4, 0.5) is 4.79 Å². The maximum Gasteiger partial charge on any atom is 0.326 e. The lowest BCUT2D eigenvalue weighted by atomic mass is 9.96. The summed E-state index contributed by atoms with van der Waals surface area (Å²) in [5, 5.41) is 14.4. The first-order valence-corrected chi connectivity index (χ1v) is 6.79. The van der Waals surface area contributed by atoms with Gasteiger partial charge in [0.1, 0.15) is 6.04 Å². The summed E-state index contributed by atoms with van der Waals surface area (Å²) in [7, 11) is 0. The Hall–Kier alpha value is -1.26. The van der Waals surface area contributed by atoms with Crippen LogP contribution in [0, 0.1) is 11.8 Å². The van der Waals surface area contributed by atoms with Crippen molar-refractivity contribution < 1.29 is 14.7 Å². The van der Waals surface area contributed by atoms with Crippen LogP contribution in [-0.2, 0) is 4.79 Å². The third-order valence-electron chi connectivity index (χ3n) is 3.76. The van der Waals surface area contributed by atoms with E-state index in [0.29, 0.717) is 5.92 Å². The lowest BCUT2D eigenvalue weighted by Crippen LogP contribution is -2.50. The van der Waals surface area contributed by atoms with Crippen molar-refractivity contribution in [2.75, 3.05) is 0 Å². The van der Waals surface area contributed by atoms with Crippen molar-refractivity contribution in [1.82, 2.24) is 10.6 Å². The molecule has 1 aliphatic rings. The number of carbonyl (C=O) groups excluding carboxylic acids is 1. The Labute approximate surface area is 108 Å². The van der Waals surface area contributed by atoms with E-state index < -0.39 is 12.0 Å². The number of carboxylic acids is 1. The fourth-order valence-electron chi connectivity index (χ4n) is 2.31. The summed E-state index contributed by atoms with van der Waals surface area (Å²) < 4.78 is 0. The zero-order valence-corrected chi connectivity index (χ0v) is 11.4. The van der Waals surface area contributed by atoms with Gasteiger partial charge in [-0.2, -0.15) is 0 Å². The molecule has 1 saturated carbocycles. The first-order valence-electron chi connectivity index (χ1n) is 6.79. The highest BCUT2D eigenvalue weighted by molar-refractivity contribution is 5.83. The van der Waals surface area contributed by atoms with Crippen molar-refractivity contribution in [1.29, 1.82) is 0 Å². The monoisotopic (exact) mass is 256 g/mol. The Balaban J connectivity index is 2.42. The lowest BCUT2D eigenvalue weighted by molar-refractivity contribution is -0.139. The molecule has 2 atom stereocenters. The van der Waals surface area contributed by atoms with Crippen LogP contribution in [0.25, 0.3) is 0 Å². The van der Waals surface area contributed by atoms with Gasteiger partial charge in [0, 0.05) is 6.04 Å². The SMILES string of the molecule is CCC(CC)C(C)NC(=O)NC(C(=O)O)C1CC1. The van der Waals surface area contributed by atoms with Crippen LogP contribution < -0.4 is 10.6 Å². The minimum absolute atomic E-state index is 0.0636. The third-order valence-corrected chi connectivity index (χ3v) is 3.76. The molecule has 1 aliphatic carbocycles. The third kappa shape index (κ3) is 4.20. The molecular weight excluding hydrogens is 232 g/mol. The molecule has 18 heavy (non-hydrogen) atoms. The molecule has 0 bridgehead atoms. The van der Waals surface area contributed by atoms with Crippen LogP contribution in [0.1, 0.15) is 46.5 Å². The summed E-state index contributed by atoms with van der Waals surface area (Å²) in [6.07, 6.45) is 3.78. The molecule has 1 rings (SSSR count). The highest BCUT2D eigenvalue weighted by atomic mass is 16.4. The topological polar surface area (TPSA) is 78.4 Å². The van der Waals surface area contributed by atoms with Crippen LogP contribution in [0.15, 0.2) is 0 Å². The number of nitrogens with one attached hydrogen (secondary N) is 2. The number of hydrogen-bond acceptors (Lipinski definition) is 2. The molecule has 0 saturated heterocycles. The summed E-state index contributed by atoms with van der Waals surface area (Å²) in [6.45, 7) is 6.15. The summed E-state index contributed by atoms with van der Waals surface area (Å²) in [6, 6.07) is -1.04. The number of amides is 2. The Bertz CT molecular complexity index is 299. The Morgan fingerprint density at radius 1 is 1.22 bits per heavy atom. The number of rotatable bonds is 7. The predicted molar refractivity (Wildman–Crippen MR) is 69.3 cm³/mol. The van der Waals surface area contributed by atoms with Crippen molar-refractivity contribution in [2.45, 2.75) is 58.5 Å². The molecule has 0 aromatic carbocycles. The van der Waals surface area contributed by atoms with Gasteiger partial charge in [-0.3, -0.25) is 0 Å². The second-order valence-electron chi connectivity index (χ2n) is 5.14. The molecule has 2 amide bonds. The zero-order valence-electron chi connectivity index (χ0n) is 11.4. The van der Waals surface area contributed by atoms with Crippen LogP contribution >= 0.6 is 0 Å². The fourth-order valence-corrected chi connectivity index (χ4v) is 2.31. The fraction of sp³-hybridized carbons (Fsp3) is 0.846. The quantitative estimate of drug-likeness (QED) is 0.651. The van der Waals surface area contributed by atoms with E-state index in [4.69, 9.17) is 5.11 Å². The summed E-state index contributed by atoms with van der Waals surface area (Å²) in [5.41, 5.74) is 0. The molecule has 1 fully saturated rings. The standard InChI is InChI=1S/C13H24N2O3/c1-4-9(5-2)8(3)14-13(18)15-11(12(16)17)10-6-7-10/h8-11H,4-7H2,1-3H3,(H,16,17)(H2,14,15,18). The second kappa shape index (κ2) is 6.61. The van der Waals surface area contributed by atoms with E-state index in [-0.39, 0.29) is 18.0 Å². The Morgan fingerprint density at radius 2 is 1.78 bits per heavy atom. The van der Waals surface area contributed by atoms with E-state index >= 15 is 0 Å². The molecular formula is C13H24N2O3. The van der Waals surface area contributed by atoms with E-state index in [2.05, 4.69) is 24.5 Å². The van der Waals surface area contributed by atoms with Gasteiger partial charge in [-0.1, -0.05) is 26.7 Å². The highest BCUT2D eigenvalue weighted by Crippen LogP contribution is 2.32. The first kappa shape index (κ1) is 14.8. The maximum atomic E-state index is 11.8. The Morgan fingerprint density at radius 3 is 2.17 bits per heavy atom. The average Bonchev–Trinajstić information content (AvgIpc) is 3.11. The van der Waals surface area contributed by atoms with Crippen molar-refractivity contribution >= 4 is 12.0 Å². The van der Waals surface area contributed by atoms with E-state index in [1.807, 2.05) is 6.92 Å². The van der Waals surface area contributed by atoms with E-state index in [0.717, 1.165) is 25.7 Å². The highest BCUT2D eigenvalue weighted by Gasteiger charge is 2.37. The first-order chi connectivity index (χ1) is 8.49. The van der Waals surface area contributed by atoms with Crippen molar-refractivity contribution in [3.8, 4) is 0 Å². The Kier molecular flexibility index (Phi) is 5.44. The molecule has 0 heterocycles. The van der Waals surface area contributed by atoms with Gasteiger partial charge in [0.2, 0.25) is 0 Å². The molecule has 104 valence electrons. The molecule has 0 aromatic rings. The average molecular weight is 256 g/mol. The zero-order chi connectivity index (χ0) is 13.7. The van der Waals surface area contributed by atoms with Gasteiger partial charge < -0.3 is 15.7 Å².